The number of hydrogen-bond donors (Lipinski definition) is 1. The van der Waals surface area contributed by atoms with Crippen molar-refractivity contribution in [3.63, 3.8) is 0 Å². The monoisotopic (exact) mass is 209 g/mol. The molecule has 1 atom stereocenters. The smallest absolute Gasteiger partial charge is 0.123 e. The van der Waals surface area contributed by atoms with Gasteiger partial charge in [0.2, 0.25) is 0 Å². The Hall–Kier alpha value is -0.930. The molecule has 1 unspecified atom stereocenters. The Morgan fingerprint density at radius 2 is 2.33 bits per heavy atom. The van der Waals surface area contributed by atoms with Crippen LogP contribution in [0.1, 0.15) is 24.9 Å². The van der Waals surface area contributed by atoms with Crippen LogP contribution < -0.4 is 5.32 Å². The maximum Gasteiger partial charge on any atom is 0.123 e. The minimum absolute atomic E-state index is 0.169. The van der Waals surface area contributed by atoms with Crippen molar-refractivity contribution in [2.75, 3.05) is 13.2 Å². The lowest BCUT2D eigenvalue weighted by atomic mass is 10.0. The molecule has 1 aliphatic rings. The molecule has 0 bridgehead atoms. The predicted molar refractivity (Wildman–Crippen MR) is 57.2 cm³/mol. The third kappa shape index (κ3) is 2.55. The van der Waals surface area contributed by atoms with Crippen molar-refractivity contribution in [3.8, 4) is 0 Å². The Bertz CT molecular complexity index is 325. The van der Waals surface area contributed by atoms with Crippen molar-refractivity contribution in [1.29, 1.82) is 0 Å². The number of ether oxygens (including phenoxy) is 1. The first-order valence-corrected chi connectivity index (χ1v) is 5.39. The lowest BCUT2D eigenvalue weighted by molar-refractivity contribution is -0.0103. The van der Waals surface area contributed by atoms with Crippen LogP contribution in [0.3, 0.4) is 0 Å². The third-order valence-corrected chi connectivity index (χ3v) is 2.73. The second-order valence-corrected chi connectivity index (χ2v) is 3.92. The van der Waals surface area contributed by atoms with E-state index in [4.69, 9.17) is 4.74 Å². The Kier molecular flexibility index (Phi) is 3.34. The summed E-state index contributed by atoms with van der Waals surface area (Å²) in [5, 5.41) is 3.45. The van der Waals surface area contributed by atoms with Gasteiger partial charge in [-0.3, -0.25) is 0 Å². The van der Waals surface area contributed by atoms with E-state index in [0.29, 0.717) is 6.04 Å². The van der Waals surface area contributed by atoms with E-state index in [9.17, 15) is 4.39 Å². The molecule has 1 N–H and O–H groups in total. The standard InChI is InChI=1S/C12H16FNO/c1-2-12(14-11-7-15-8-11)9-4-3-5-10(13)6-9/h3-6,11-12,14H,2,7-8H2,1H3. The molecule has 82 valence electrons. The summed E-state index contributed by atoms with van der Waals surface area (Å²) in [4.78, 5) is 0. The van der Waals surface area contributed by atoms with Gasteiger partial charge in [-0.15, -0.1) is 0 Å². The van der Waals surface area contributed by atoms with Crippen LogP contribution in [0.4, 0.5) is 4.39 Å². The van der Waals surface area contributed by atoms with E-state index in [1.54, 1.807) is 12.1 Å². The number of benzene rings is 1. The lowest BCUT2D eigenvalue weighted by Gasteiger charge is -2.31. The van der Waals surface area contributed by atoms with Gasteiger partial charge in [0.15, 0.2) is 0 Å². The molecule has 1 fully saturated rings. The first kappa shape index (κ1) is 10.6. The van der Waals surface area contributed by atoms with Crippen molar-refractivity contribution in [2.24, 2.45) is 0 Å². The van der Waals surface area contributed by atoms with Gasteiger partial charge in [0.05, 0.1) is 19.3 Å². The van der Waals surface area contributed by atoms with E-state index in [1.165, 1.54) is 6.07 Å². The van der Waals surface area contributed by atoms with E-state index in [-0.39, 0.29) is 11.9 Å². The van der Waals surface area contributed by atoms with Crippen LogP contribution in [0.5, 0.6) is 0 Å². The molecule has 1 aromatic rings. The summed E-state index contributed by atoms with van der Waals surface area (Å²) in [6.45, 7) is 3.64. The first-order chi connectivity index (χ1) is 7.29. The van der Waals surface area contributed by atoms with Gasteiger partial charge in [-0.05, 0) is 24.1 Å². The SMILES string of the molecule is CCC(NC1COC1)c1cccc(F)c1. The van der Waals surface area contributed by atoms with Gasteiger partial charge in [0, 0.05) is 6.04 Å². The Balaban J connectivity index is 2.04. The average Bonchev–Trinajstić information content (AvgIpc) is 2.16. The number of rotatable bonds is 4. The first-order valence-electron chi connectivity index (χ1n) is 5.39. The maximum atomic E-state index is 13.0. The van der Waals surface area contributed by atoms with E-state index in [2.05, 4.69) is 12.2 Å². The fourth-order valence-corrected chi connectivity index (χ4v) is 1.79. The summed E-state index contributed by atoms with van der Waals surface area (Å²) < 4.78 is 18.1. The van der Waals surface area contributed by atoms with Gasteiger partial charge in [-0.1, -0.05) is 19.1 Å². The van der Waals surface area contributed by atoms with Gasteiger partial charge in [-0.2, -0.15) is 0 Å². The molecule has 1 heterocycles. The predicted octanol–water partition coefficient (Wildman–Crippen LogP) is 2.27. The summed E-state index contributed by atoms with van der Waals surface area (Å²) in [5.74, 6) is -0.169. The van der Waals surface area contributed by atoms with Crippen LogP contribution in [-0.4, -0.2) is 19.3 Å². The average molecular weight is 209 g/mol. The van der Waals surface area contributed by atoms with Crippen LogP contribution in [0.15, 0.2) is 24.3 Å². The molecule has 2 nitrogen and oxygen atoms in total. The van der Waals surface area contributed by atoms with E-state index < -0.39 is 0 Å². The van der Waals surface area contributed by atoms with Gasteiger partial charge in [0.25, 0.3) is 0 Å². The zero-order valence-corrected chi connectivity index (χ0v) is 8.87. The van der Waals surface area contributed by atoms with Gasteiger partial charge >= 0.3 is 0 Å². The summed E-state index contributed by atoms with van der Waals surface area (Å²) in [6, 6.07) is 7.45. The zero-order chi connectivity index (χ0) is 10.7. The highest BCUT2D eigenvalue weighted by Gasteiger charge is 2.21. The highest BCUT2D eigenvalue weighted by Crippen LogP contribution is 2.19. The van der Waals surface area contributed by atoms with Gasteiger partial charge in [0.1, 0.15) is 5.82 Å². The highest BCUT2D eigenvalue weighted by atomic mass is 19.1. The Morgan fingerprint density at radius 1 is 1.53 bits per heavy atom. The number of hydrogen-bond acceptors (Lipinski definition) is 2. The molecule has 0 radical (unpaired) electrons. The lowest BCUT2D eigenvalue weighted by Crippen LogP contribution is -2.47. The summed E-state index contributed by atoms with van der Waals surface area (Å²) in [5.41, 5.74) is 1.02. The van der Waals surface area contributed by atoms with E-state index in [0.717, 1.165) is 25.2 Å². The molecular formula is C12H16FNO. The molecule has 0 aromatic heterocycles. The normalized spacial score (nSPS) is 18.5. The van der Waals surface area contributed by atoms with Crippen LogP contribution >= 0.6 is 0 Å². The Labute approximate surface area is 89.4 Å². The second-order valence-electron chi connectivity index (χ2n) is 3.92. The second kappa shape index (κ2) is 4.73. The van der Waals surface area contributed by atoms with Gasteiger partial charge in [-0.25, -0.2) is 4.39 Å². The van der Waals surface area contributed by atoms with Gasteiger partial charge < -0.3 is 10.1 Å². The zero-order valence-electron chi connectivity index (χ0n) is 8.87. The summed E-state index contributed by atoms with van der Waals surface area (Å²) in [7, 11) is 0. The molecule has 0 amide bonds. The maximum absolute atomic E-state index is 13.0. The molecule has 0 aliphatic carbocycles. The third-order valence-electron chi connectivity index (χ3n) is 2.73. The summed E-state index contributed by atoms with van der Waals surface area (Å²) >= 11 is 0. The van der Waals surface area contributed by atoms with Crippen LogP contribution in [0.25, 0.3) is 0 Å². The minimum atomic E-state index is -0.169. The summed E-state index contributed by atoms with van der Waals surface area (Å²) in [6.07, 6.45) is 0.958. The Morgan fingerprint density at radius 3 is 2.87 bits per heavy atom. The van der Waals surface area contributed by atoms with Crippen molar-refractivity contribution < 1.29 is 9.13 Å². The topological polar surface area (TPSA) is 21.3 Å². The molecule has 2 rings (SSSR count). The fraction of sp³-hybridized carbons (Fsp3) is 0.500. The molecule has 1 saturated heterocycles. The number of nitrogens with one attached hydrogen (secondary N) is 1. The highest BCUT2D eigenvalue weighted by molar-refractivity contribution is 5.20. The van der Waals surface area contributed by atoms with Crippen molar-refractivity contribution in [2.45, 2.75) is 25.4 Å². The van der Waals surface area contributed by atoms with Crippen LogP contribution in [0.2, 0.25) is 0 Å². The quantitative estimate of drug-likeness (QED) is 0.821. The molecule has 3 heteroatoms. The fourth-order valence-electron chi connectivity index (χ4n) is 1.79. The van der Waals surface area contributed by atoms with Crippen LogP contribution in [-0.2, 0) is 4.74 Å². The molecular weight excluding hydrogens is 193 g/mol. The van der Waals surface area contributed by atoms with Crippen molar-refractivity contribution in [1.82, 2.24) is 5.32 Å². The molecule has 1 aromatic carbocycles. The molecule has 1 aliphatic heterocycles. The van der Waals surface area contributed by atoms with E-state index >= 15 is 0 Å². The molecule has 15 heavy (non-hydrogen) atoms. The van der Waals surface area contributed by atoms with Crippen LogP contribution in [0, 0.1) is 5.82 Å². The van der Waals surface area contributed by atoms with Crippen molar-refractivity contribution in [3.05, 3.63) is 35.6 Å². The number of halogens is 1. The van der Waals surface area contributed by atoms with E-state index in [1.807, 2.05) is 6.07 Å². The molecule has 0 saturated carbocycles. The minimum Gasteiger partial charge on any atom is -0.378 e. The largest absolute Gasteiger partial charge is 0.378 e. The molecule has 0 spiro atoms. The van der Waals surface area contributed by atoms with Crippen molar-refractivity contribution >= 4 is 0 Å².